The van der Waals surface area contributed by atoms with Crippen molar-refractivity contribution in [2.24, 2.45) is 14.1 Å². The van der Waals surface area contributed by atoms with Gasteiger partial charge in [-0.05, 0) is 39.2 Å². The Morgan fingerprint density at radius 1 is 1.20 bits per heavy atom. The number of aliphatic hydroxyl groups is 1. The fraction of sp³-hybridized carbons (Fsp3) is 0.739. The van der Waals surface area contributed by atoms with E-state index >= 15 is 0 Å². The summed E-state index contributed by atoms with van der Waals surface area (Å²) in [7, 11) is 3.01. The summed E-state index contributed by atoms with van der Waals surface area (Å²) in [6.07, 6.45) is 6.30. The average Bonchev–Trinajstić information content (AvgIpc) is 3.26. The second-order valence-corrected chi connectivity index (χ2v) is 10.4. The molecule has 1 spiro atoms. The van der Waals surface area contributed by atoms with E-state index in [4.69, 9.17) is 4.74 Å². The number of likely N-dealkylation sites (tertiary alicyclic amines) is 1. The number of aryl methyl sites for hydroxylation is 1. The van der Waals surface area contributed by atoms with Gasteiger partial charge in [0.25, 0.3) is 5.56 Å². The number of hydrogen-bond donors (Lipinski definition) is 2. The molecular formula is C23H35ClN6O5. The maximum atomic E-state index is 12.9. The van der Waals surface area contributed by atoms with Gasteiger partial charge in [-0.25, -0.2) is 9.78 Å². The third-order valence-corrected chi connectivity index (χ3v) is 8.05. The Labute approximate surface area is 209 Å². The normalized spacial score (nSPS) is 28.7. The van der Waals surface area contributed by atoms with Crippen LogP contribution in [0.2, 0.25) is 0 Å². The van der Waals surface area contributed by atoms with Crippen molar-refractivity contribution in [2.45, 2.75) is 68.7 Å². The molecule has 5 rings (SSSR count). The molecule has 0 bridgehead atoms. The van der Waals surface area contributed by atoms with Gasteiger partial charge in [0.1, 0.15) is 0 Å². The van der Waals surface area contributed by atoms with E-state index in [-0.39, 0.29) is 42.1 Å². The number of rotatable bonds is 2. The highest BCUT2D eigenvalue weighted by molar-refractivity contribution is 5.85. The molecule has 0 unspecified atom stereocenters. The summed E-state index contributed by atoms with van der Waals surface area (Å²) < 4.78 is 10.4. The van der Waals surface area contributed by atoms with Crippen molar-refractivity contribution in [3.8, 4) is 0 Å². The molecule has 1 amide bonds. The van der Waals surface area contributed by atoms with Crippen LogP contribution in [0.25, 0.3) is 11.2 Å². The Kier molecular flexibility index (Phi) is 6.91. The Morgan fingerprint density at radius 3 is 2.54 bits per heavy atom. The van der Waals surface area contributed by atoms with Crippen LogP contribution < -0.4 is 16.6 Å². The first-order chi connectivity index (χ1) is 16.1. The number of imidazole rings is 1. The van der Waals surface area contributed by atoms with E-state index in [9.17, 15) is 19.5 Å². The first-order valence-electron chi connectivity index (χ1n) is 12.1. The number of carbonyl (C=O) groups excluding carboxylic acids is 1. The first-order valence-corrected chi connectivity index (χ1v) is 12.1. The lowest BCUT2D eigenvalue weighted by molar-refractivity contribution is -0.197. The fourth-order valence-corrected chi connectivity index (χ4v) is 5.98. The third kappa shape index (κ3) is 4.32. The lowest BCUT2D eigenvalue weighted by atomic mass is 9.75. The van der Waals surface area contributed by atoms with Crippen molar-refractivity contribution in [3.63, 3.8) is 0 Å². The molecule has 3 atom stereocenters. The van der Waals surface area contributed by atoms with E-state index in [1.165, 1.54) is 17.9 Å². The highest BCUT2D eigenvalue weighted by atomic mass is 35.5. The van der Waals surface area contributed by atoms with Gasteiger partial charge in [-0.3, -0.25) is 18.7 Å². The van der Waals surface area contributed by atoms with Gasteiger partial charge >= 0.3 is 5.69 Å². The second kappa shape index (κ2) is 9.34. The number of hydrogen-bond acceptors (Lipinski definition) is 7. The average molecular weight is 511 g/mol. The smallest absolute Gasteiger partial charge is 0.332 e. The van der Waals surface area contributed by atoms with Crippen molar-refractivity contribution >= 4 is 29.5 Å². The SMILES string of the molecule is Cl.Cn1c(=O)c2c(ncn2[C@@H]2COC3(CCN(C(=O)[C@@H]4CCCCN4)CC3)C[C@@]2(C)O)n(C)c1=O. The predicted molar refractivity (Wildman–Crippen MR) is 132 cm³/mol. The van der Waals surface area contributed by atoms with Crippen LogP contribution >= 0.6 is 12.4 Å². The summed E-state index contributed by atoms with van der Waals surface area (Å²) in [6, 6.07) is -0.616. The monoisotopic (exact) mass is 510 g/mol. The summed E-state index contributed by atoms with van der Waals surface area (Å²) >= 11 is 0. The molecule has 0 aromatic carbocycles. The van der Waals surface area contributed by atoms with E-state index in [0.29, 0.717) is 32.4 Å². The number of amides is 1. The Bertz CT molecular complexity index is 1220. The number of nitrogens with zero attached hydrogens (tertiary/aromatic N) is 5. The molecule has 3 aliphatic heterocycles. The van der Waals surface area contributed by atoms with Gasteiger partial charge in [-0.15, -0.1) is 12.4 Å². The maximum absolute atomic E-state index is 12.9. The summed E-state index contributed by atoms with van der Waals surface area (Å²) in [6.45, 7) is 4.08. The minimum Gasteiger partial charge on any atom is -0.388 e. The van der Waals surface area contributed by atoms with Gasteiger partial charge in [0.2, 0.25) is 5.91 Å². The summed E-state index contributed by atoms with van der Waals surface area (Å²) in [5.41, 5.74) is -2.01. The van der Waals surface area contributed by atoms with Crippen molar-refractivity contribution in [1.29, 1.82) is 0 Å². The van der Waals surface area contributed by atoms with Crippen molar-refractivity contribution in [1.82, 2.24) is 28.9 Å². The highest BCUT2D eigenvalue weighted by Crippen LogP contribution is 2.44. The minimum atomic E-state index is -1.16. The number of aromatic nitrogens is 4. The Morgan fingerprint density at radius 2 is 1.91 bits per heavy atom. The fourth-order valence-electron chi connectivity index (χ4n) is 5.98. The number of halogens is 1. The van der Waals surface area contributed by atoms with Crippen LogP contribution in [0.15, 0.2) is 15.9 Å². The van der Waals surface area contributed by atoms with E-state index in [0.717, 1.165) is 30.4 Å². The molecule has 2 N–H and O–H groups in total. The summed E-state index contributed by atoms with van der Waals surface area (Å²) in [5, 5.41) is 14.9. The molecule has 0 saturated carbocycles. The largest absolute Gasteiger partial charge is 0.388 e. The number of carbonyl (C=O) groups is 1. The summed E-state index contributed by atoms with van der Waals surface area (Å²) in [5.74, 6) is 0.168. The van der Waals surface area contributed by atoms with Crippen molar-refractivity contribution < 1.29 is 14.6 Å². The number of piperidine rings is 2. The van der Waals surface area contributed by atoms with E-state index in [2.05, 4.69) is 10.3 Å². The predicted octanol–water partition coefficient (Wildman–Crippen LogP) is 0.0712. The molecular weight excluding hydrogens is 476 g/mol. The van der Waals surface area contributed by atoms with Gasteiger partial charge in [0.05, 0.1) is 36.2 Å². The number of fused-ring (bicyclic) bond motifs is 1. The van der Waals surface area contributed by atoms with E-state index in [1.54, 1.807) is 18.5 Å². The molecule has 3 fully saturated rings. The minimum absolute atomic E-state index is 0. The molecule has 3 saturated heterocycles. The zero-order valence-corrected chi connectivity index (χ0v) is 21.3. The number of ether oxygens (including phenoxy) is 1. The molecule has 5 heterocycles. The zero-order valence-electron chi connectivity index (χ0n) is 20.5. The van der Waals surface area contributed by atoms with Gasteiger partial charge in [-0.1, -0.05) is 6.42 Å². The van der Waals surface area contributed by atoms with Gasteiger partial charge < -0.3 is 24.6 Å². The molecule has 12 heteroatoms. The standard InChI is InChI=1S/C23H34N6O5.ClH/c1-22(33)13-23(7-10-28(11-8-23)19(30)15-6-4-5-9-24-15)34-12-16(22)29-14-25-18-17(29)20(31)27(3)21(32)26(18)2;/h14-16,24,33H,4-13H2,1-3H3;1H/t15-,16+,22+;/m0./s1. The zero-order chi connectivity index (χ0) is 24.3. The van der Waals surface area contributed by atoms with Crippen LogP contribution in [0.3, 0.4) is 0 Å². The van der Waals surface area contributed by atoms with Gasteiger partial charge in [0, 0.05) is 33.6 Å². The molecule has 11 nitrogen and oxygen atoms in total. The molecule has 0 radical (unpaired) electrons. The molecule has 194 valence electrons. The van der Waals surface area contributed by atoms with Crippen LogP contribution in [0, 0.1) is 0 Å². The van der Waals surface area contributed by atoms with Crippen LogP contribution in [-0.4, -0.2) is 78.1 Å². The second-order valence-electron chi connectivity index (χ2n) is 10.4. The molecule has 35 heavy (non-hydrogen) atoms. The molecule has 2 aromatic rings. The van der Waals surface area contributed by atoms with Crippen molar-refractivity contribution in [3.05, 3.63) is 27.2 Å². The van der Waals surface area contributed by atoms with Crippen LogP contribution in [0.4, 0.5) is 0 Å². The first kappa shape index (κ1) is 25.9. The summed E-state index contributed by atoms with van der Waals surface area (Å²) in [4.78, 5) is 44.3. The molecule has 3 aliphatic rings. The van der Waals surface area contributed by atoms with E-state index < -0.39 is 28.5 Å². The Hall–Kier alpha value is -2.21. The van der Waals surface area contributed by atoms with Gasteiger partial charge in [-0.2, -0.15) is 0 Å². The maximum Gasteiger partial charge on any atom is 0.332 e. The van der Waals surface area contributed by atoms with E-state index in [1.807, 2.05) is 4.90 Å². The molecule has 2 aromatic heterocycles. The van der Waals surface area contributed by atoms with Crippen LogP contribution in [0.1, 0.15) is 51.5 Å². The quantitative estimate of drug-likeness (QED) is 0.586. The Balaban J connectivity index is 0.00000289. The third-order valence-electron chi connectivity index (χ3n) is 8.05. The van der Waals surface area contributed by atoms with Crippen molar-refractivity contribution in [2.75, 3.05) is 26.2 Å². The van der Waals surface area contributed by atoms with Gasteiger partial charge in [0.15, 0.2) is 11.2 Å². The highest BCUT2D eigenvalue weighted by Gasteiger charge is 2.50. The number of nitrogens with one attached hydrogen (secondary N) is 1. The lowest BCUT2D eigenvalue weighted by Crippen LogP contribution is -2.59. The van der Waals surface area contributed by atoms with Crippen LogP contribution in [0.5, 0.6) is 0 Å². The lowest BCUT2D eigenvalue weighted by Gasteiger charge is -2.51. The molecule has 0 aliphatic carbocycles. The van der Waals surface area contributed by atoms with Crippen LogP contribution in [-0.2, 0) is 23.6 Å². The topological polar surface area (TPSA) is 124 Å².